The Hall–Kier alpha value is -9.32. The van der Waals surface area contributed by atoms with Crippen LogP contribution in [0.5, 0.6) is 11.5 Å². The zero-order chi connectivity index (χ0) is 55.5. The first-order valence-electron chi connectivity index (χ1n) is 29.1. The summed E-state index contributed by atoms with van der Waals surface area (Å²) in [6, 6.07) is 99.1. The molecule has 4 heteroatoms. The zero-order valence-electron chi connectivity index (χ0n) is 46.8. The quantitative estimate of drug-likeness (QED) is 0.0905. The molecule has 3 aliphatic rings. The maximum atomic E-state index is 6.61. The predicted molar refractivity (Wildman–Crippen MR) is 339 cm³/mol. The molecule has 4 nitrogen and oxygen atoms in total. The lowest BCUT2D eigenvalue weighted by atomic mass is 9.66. The van der Waals surface area contributed by atoms with Crippen LogP contribution in [0.25, 0.3) is 77.2 Å². The summed E-state index contributed by atoms with van der Waals surface area (Å²) in [5.74, 6) is 1.77. The van der Waals surface area contributed by atoms with Crippen molar-refractivity contribution in [1.29, 1.82) is 0 Å². The van der Waals surface area contributed by atoms with Gasteiger partial charge in [-0.1, -0.05) is 206 Å². The number of hydrogen-bond donors (Lipinski definition) is 0. The average Bonchev–Trinajstić information content (AvgIpc) is 2.07. The number of fused-ring (bicyclic) bond motifs is 5. The van der Waals surface area contributed by atoms with Gasteiger partial charge in [-0.25, -0.2) is 0 Å². The molecule has 2 aliphatic heterocycles. The van der Waals surface area contributed by atoms with E-state index in [2.05, 4.69) is 281 Å². The summed E-state index contributed by atoms with van der Waals surface area (Å²) in [5.41, 5.74) is 20.0. The smallest absolute Gasteiger partial charge is 0.123 e. The topological polar surface area (TPSA) is 43.5 Å². The van der Waals surface area contributed by atoms with Gasteiger partial charge in [-0.3, -0.25) is 0 Å². The van der Waals surface area contributed by atoms with Crippen molar-refractivity contribution in [2.75, 3.05) is 26.4 Å². The number of hydrogen-bond acceptors (Lipinski definition) is 4. The summed E-state index contributed by atoms with van der Waals surface area (Å²) in [6.45, 7) is 6.67. The largest absolute Gasteiger partial charge is 0.490 e. The van der Waals surface area contributed by atoms with Crippen molar-refractivity contribution in [2.45, 2.75) is 43.3 Å². The van der Waals surface area contributed by atoms with Crippen molar-refractivity contribution in [3.8, 4) is 67.1 Å². The second-order valence-corrected chi connectivity index (χ2v) is 23.6. The Balaban J connectivity index is 0.950. The summed E-state index contributed by atoms with van der Waals surface area (Å²) < 4.78 is 24.8. The molecule has 0 N–H and O–H groups in total. The van der Waals surface area contributed by atoms with E-state index < -0.39 is 5.41 Å². The van der Waals surface area contributed by atoms with Gasteiger partial charge in [-0.15, -0.1) is 0 Å². The molecule has 2 fully saturated rings. The molecular weight excluding hydrogens is 1010 g/mol. The van der Waals surface area contributed by atoms with E-state index >= 15 is 0 Å². The molecular formula is C79H62O4. The van der Waals surface area contributed by atoms with Gasteiger partial charge in [0, 0.05) is 12.8 Å². The highest BCUT2D eigenvalue weighted by Gasteiger charge is 2.47. The first kappa shape index (κ1) is 50.6. The molecule has 2 atom stereocenters. The normalized spacial score (nSPS) is 17.2. The molecule has 0 amide bonds. The molecule has 0 bridgehead atoms. The third kappa shape index (κ3) is 9.78. The lowest BCUT2D eigenvalue weighted by Crippen LogP contribution is -2.29. The molecule has 12 aromatic rings. The van der Waals surface area contributed by atoms with Crippen LogP contribution in [0.3, 0.4) is 0 Å². The van der Waals surface area contributed by atoms with Crippen LogP contribution in [0.1, 0.15) is 58.4 Å². The maximum absolute atomic E-state index is 6.61. The third-order valence-corrected chi connectivity index (χ3v) is 17.5. The predicted octanol–water partition coefficient (Wildman–Crippen LogP) is 18.5. The minimum Gasteiger partial charge on any atom is -0.490 e. The van der Waals surface area contributed by atoms with Crippen LogP contribution < -0.4 is 9.47 Å². The molecule has 2 heterocycles. The Labute approximate surface area is 486 Å². The Bertz CT molecular complexity index is 4150. The van der Waals surface area contributed by atoms with Gasteiger partial charge in [0.25, 0.3) is 0 Å². The van der Waals surface area contributed by atoms with Crippen LogP contribution in [-0.4, -0.2) is 37.6 Å². The summed E-state index contributed by atoms with van der Waals surface area (Å²) in [5, 5.41) is 4.89. The molecule has 0 radical (unpaired) electrons. The van der Waals surface area contributed by atoms with Crippen LogP contribution in [0.4, 0.5) is 0 Å². The minimum absolute atomic E-state index is 0.245. The van der Waals surface area contributed by atoms with E-state index in [4.69, 9.17) is 18.9 Å². The Morgan fingerprint density at radius 3 is 1.12 bits per heavy atom. The van der Waals surface area contributed by atoms with Crippen LogP contribution in [0.2, 0.25) is 0 Å². The van der Waals surface area contributed by atoms with Crippen LogP contribution in [0, 0.1) is 0 Å². The van der Waals surface area contributed by atoms with Gasteiger partial charge < -0.3 is 18.9 Å². The average molecular weight is 1080 g/mol. The highest BCUT2D eigenvalue weighted by atomic mass is 16.6. The fourth-order valence-corrected chi connectivity index (χ4v) is 12.7. The molecule has 0 aromatic heterocycles. The summed E-state index contributed by atoms with van der Waals surface area (Å²) in [7, 11) is 0. The fourth-order valence-electron chi connectivity index (χ4n) is 12.7. The van der Waals surface area contributed by atoms with Gasteiger partial charge >= 0.3 is 0 Å². The van der Waals surface area contributed by atoms with Crippen molar-refractivity contribution < 1.29 is 18.9 Å². The van der Waals surface area contributed by atoms with E-state index in [9.17, 15) is 0 Å². The standard InChI is InChI=1S/C79H62O4/c1-77(51-82-77)49-80-75-37-33-63(43-67(75)39-53-15-5-3-6-16-53)59-23-13-25-69(45-59)79(70-26-14-24-60(46-70)64-34-38-76(81-50-78(2)52-83-78)68(44-64)40-54-17-7-4-8-18-54)73-47-65(61-29-27-55-19-9-11-21-57(55)41-61)31-35-71(73)72-36-32-66(48-74(72)79)62-30-28-56-20-10-12-22-58(56)42-62/h3-38,41-48H,39-40,49-52H2,1-2H3. The molecule has 402 valence electrons. The number of ether oxygens (including phenoxy) is 4. The van der Waals surface area contributed by atoms with Crippen molar-refractivity contribution in [1.82, 2.24) is 0 Å². The van der Waals surface area contributed by atoms with Crippen molar-refractivity contribution in [2.24, 2.45) is 0 Å². The van der Waals surface area contributed by atoms with E-state index in [1.807, 2.05) is 0 Å². The van der Waals surface area contributed by atoms with Crippen molar-refractivity contribution in [3.63, 3.8) is 0 Å². The number of rotatable bonds is 16. The lowest BCUT2D eigenvalue weighted by Gasteiger charge is -2.35. The van der Waals surface area contributed by atoms with Gasteiger partial charge in [-0.05, 0) is 196 Å². The highest BCUT2D eigenvalue weighted by molar-refractivity contribution is 5.94. The van der Waals surface area contributed by atoms with E-state index in [0.717, 1.165) is 57.7 Å². The maximum Gasteiger partial charge on any atom is 0.123 e. The first-order chi connectivity index (χ1) is 40.7. The molecule has 2 saturated heterocycles. The molecule has 15 rings (SSSR count). The van der Waals surface area contributed by atoms with Crippen LogP contribution in [-0.2, 0) is 27.7 Å². The van der Waals surface area contributed by atoms with E-state index in [1.165, 1.54) is 88.3 Å². The van der Waals surface area contributed by atoms with E-state index in [-0.39, 0.29) is 11.2 Å². The second kappa shape index (κ2) is 20.6. The summed E-state index contributed by atoms with van der Waals surface area (Å²) >= 11 is 0. The SMILES string of the molecule is CC1(COc2ccc(-c3cccc(C4(c5cccc(-c6ccc(OCC7(C)CO7)c(Cc7ccccc7)c6)c5)c5cc(-c6ccc7ccccc7c6)ccc5-c5ccc(-c6ccc7ccccc7c6)cc54)c3)cc2Cc2ccccc2)CO1. The van der Waals surface area contributed by atoms with E-state index in [1.54, 1.807) is 0 Å². The van der Waals surface area contributed by atoms with Crippen LogP contribution in [0.15, 0.2) is 267 Å². The summed E-state index contributed by atoms with van der Waals surface area (Å²) in [4.78, 5) is 0. The zero-order valence-corrected chi connectivity index (χ0v) is 46.8. The fraction of sp³-hybridized carbons (Fsp3) is 0.139. The second-order valence-electron chi connectivity index (χ2n) is 23.6. The number of epoxide rings is 2. The Morgan fingerprint density at radius 2 is 0.687 bits per heavy atom. The van der Waals surface area contributed by atoms with E-state index in [0.29, 0.717) is 26.4 Å². The van der Waals surface area contributed by atoms with Gasteiger partial charge in [0.1, 0.15) is 35.9 Å². The molecule has 0 saturated carbocycles. The lowest BCUT2D eigenvalue weighted by molar-refractivity contribution is 0.201. The molecule has 83 heavy (non-hydrogen) atoms. The highest BCUT2D eigenvalue weighted by Crippen LogP contribution is 2.58. The Morgan fingerprint density at radius 1 is 0.325 bits per heavy atom. The number of benzene rings is 12. The Kier molecular flexibility index (Phi) is 12.6. The molecule has 0 spiro atoms. The summed E-state index contributed by atoms with van der Waals surface area (Å²) in [6.07, 6.45) is 1.48. The molecule has 2 unspecified atom stereocenters. The van der Waals surface area contributed by atoms with Gasteiger partial charge in [0.2, 0.25) is 0 Å². The third-order valence-electron chi connectivity index (χ3n) is 17.5. The van der Waals surface area contributed by atoms with Crippen molar-refractivity contribution >= 4 is 21.5 Å². The molecule has 1 aliphatic carbocycles. The van der Waals surface area contributed by atoms with Gasteiger partial charge in [-0.2, -0.15) is 0 Å². The van der Waals surface area contributed by atoms with Gasteiger partial charge in [0.05, 0.1) is 18.6 Å². The van der Waals surface area contributed by atoms with Gasteiger partial charge in [0.15, 0.2) is 0 Å². The molecule has 12 aromatic carbocycles. The first-order valence-corrected chi connectivity index (χ1v) is 29.1. The van der Waals surface area contributed by atoms with Crippen molar-refractivity contribution in [3.05, 3.63) is 311 Å². The monoisotopic (exact) mass is 1070 g/mol. The minimum atomic E-state index is -0.790. The van der Waals surface area contributed by atoms with Crippen LogP contribution >= 0.6 is 0 Å².